The van der Waals surface area contributed by atoms with Crippen LogP contribution in [0.2, 0.25) is 10.0 Å². The van der Waals surface area contributed by atoms with E-state index >= 15 is 0 Å². The average Bonchev–Trinajstić information content (AvgIpc) is 2.69. The van der Waals surface area contributed by atoms with E-state index in [9.17, 15) is 4.79 Å². The zero-order chi connectivity index (χ0) is 19.7. The van der Waals surface area contributed by atoms with Crippen molar-refractivity contribution >= 4 is 34.2 Å². The SMILES string of the molecule is Cc1c(-c2ccc(Cl)cc2)c(=O)oc2cc(OCc3ccc(Cl)cc3)ccc12. The molecule has 0 aliphatic heterocycles. The maximum atomic E-state index is 12.6. The minimum atomic E-state index is -0.387. The molecule has 0 aliphatic carbocycles. The van der Waals surface area contributed by atoms with Gasteiger partial charge in [-0.2, -0.15) is 0 Å². The lowest BCUT2D eigenvalue weighted by molar-refractivity contribution is 0.306. The Morgan fingerprint density at radius 1 is 0.893 bits per heavy atom. The molecule has 0 N–H and O–H groups in total. The van der Waals surface area contributed by atoms with Gasteiger partial charge in [0.25, 0.3) is 0 Å². The van der Waals surface area contributed by atoms with Gasteiger partial charge >= 0.3 is 5.63 Å². The maximum Gasteiger partial charge on any atom is 0.344 e. The zero-order valence-corrected chi connectivity index (χ0v) is 16.6. The summed E-state index contributed by atoms with van der Waals surface area (Å²) in [7, 11) is 0. The third kappa shape index (κ3) is 3.77. The molecule has 0 saturated carbocycles. The Morgan fingerprint density at radius 3 is 2.21 bits per heavy atom. The van der Waals surface area contributed by atoms with Crippen molar-refractivity contribution in [2.45, 2.75) is 13.5 Å². The Balaban J connectivity index is 1.67. The molecule has 4 aromatic rings. The van der Waals surface area contributed by atoms with E-state index < -0.39 is 0 Å². The molecule has 0 radical (unpaired) electrons. The summed E-state index contributed by atoms with van der Waals surface area (Å²) in [5.41, 5.74) is 3.29. The lowest BCUT2D eigenvalue weighted by Gasteiger charge is -2.10. The monoisotopic (exact) mass is 410 g/mol. The molecule has 0 fully saturated rings. The van der Waals surface area contributed by atoms with Crippen LogP contribution in [-0.2, 0) is 6.61 Å². The van der Waals surface area contributed by atoms with Gasteiger partial charge in [0.15, 0.2) is 0 Å². The van der Waals surface area contributed by atoms with Crippen molar-refractivity contribution in [3.8, 4) is 16.9 Å². The first-order chi connectivity index (χ1) is 13.5. The average molecular weight is 411 g/mol. The fraction of sp³-hybridized carbons (Fsp3) is 0.0870. The summed E-state index contributed by atoms with van der Waals surface area (Å²) in [6.45, 7) is 2.31. The largest absolute Gasteiger partial charge is 0.489 e. The highest BCUT2D eigenvalue weighted by Crippen LogP contribution is 2.29. The first-order valence-electron chi connectivity index (χ1n) is 8.72. The predicted octanol–water partition coefficient (Wildman–Crippen LogP) is 6.65. The Hall–Kier alpha value is -2.75. The van der Waals surface area contributed by atoms with Crippen molar-refractivity contribution in [2.75, 3.05) is 0 Å². The van der Waals surface area contributed by atoms with Gasteiger partial charge in [0.05, 0.1) is 5.56 Å². The quantitative estimate of drug-likeness (QED) is 0.353. The molecule has 0 saturated heterocycles. The minimum Gasteiger partial charge on any atom is -0.489 e. The molecule has 3 nitrogen and oxygen atoms in total. The molecule has 28 heavy (non-hydrogen) atoms. The van der Waals surface area contributed by atoms with Gasteiger partial charge in [-0.05, 0) is 60.0 Å². The summed E-state index contributed by atoms with van der Waals surface area (Å²) in [5.74, 6) is 0.629. The molecule has 0 amide bonds. The second-order valence-electron chi connectivity index (χ2n) is 6.47. The van der Waals surface area contributed by atoms with Crippen molar-refractivity contribution in [3.05, 3.63) is 98.3 Å². The molecular weight excluding hydrogens is 395 g/mol. The first kappa shape index (κ1) is 18.6. The lowest BCUT2D eigenvalue weighted by atomic mass is 10.00. The number of halogens is 2. The van der Waals surface area contributed by atoms with E-state index in [2.05, 4.69) is 0 Å². The van der Waals surface area contributed by atoms with Crippen LogP contribution in [0.4, 0.5) is 0 Å². The number of fused-ring (bicyclic) bond motifs is 1. The zero-order valence-electron chi connectivity index (χ0n) is 15.0. The minimum absolute atomic E-state index is 0.387. The molecular formula is C23H16Cl2O3. The van der Waals surface area contributed by atoms with E-state index in [-0.39, 0.29) is 5.63 Å². The van der Waals surface area contributed by atoms with Gasteiger partial charge in [0.2, 0.25) is 0 Å². The van der Waals surface area contributed by atoms with E-state index in [4.69, 9.17) is 32.4 Å². The smallest absolute Gasteiger partial charge is 0.344 e. The van der Waals surface area contributed by atoms with Crippen molar-refractivity contribution in [2.24, 2.45) is 0 Å². The number of aryl methyl sites for hydroxylation is 1. The Morgan fingerprint density at radius 2 is 1.54 bits per heavy atom. The summed E-state index contributed by atoms with van der Waals surface area (Å²) in [6, 6.07) is 20.1. The van der Waals surface area contributed by atoms with Gasteiger partial charge in [-0.1, -0.05) is 47.5 Å². The number of ether oxygens (including phenoxy) is 1. The molecule has 1 aromatic heterocycles. The topological polar surface area (TPSA) is 39.4 Å². The Kier molecular flexibility index (Phi) is 5.12. The van der Waals surface area contributed by atoms with E-state index in [1.165, 1.54) is 0 Å². The summed E-state index contributed by atoms with van der Waals surface area (Å²) < 4.78 is 11.4. The Bertz CT molecular complexity index is 1190. The second-order valence-corrected chi connectivity index (χ2v) is 7.34. The summed E-state index contributed by atoms with van der Waals surface area (Å²) >= 11 is 11.8. The van der Waals surface area contributed by atoms with E-state index in [1.54, 1.807) is 18.2 Å². The van der Waals surface area contributed by atoms with Crippen LogP contribution in [0, 0.1) is 6.92 Å². The summed E-state index contributed by atoms with van der Waals surface area (Å²) in [5, 5.41) is 2.17. The second kappa shape index (κ2) is 7.70. The summed E-state index contributed by atoms with van der Waals surface area (Å²) in [4.78, 5) is 12.6. The molecule has 0 aliphatic rings. The van der Waals surface area contributed by atoms with Crippen LogP contribution >= 0.6 is 23.2 Å². The van der Waals surface area contributed by atoms with Gasteiger partial charge in [-0.25, -0.2) is 4.79 Å². The number of benzene rings is 3. The molecule has 5 heteroatoms. The number of rotatable bonds is 4. The van der Waals surface area contributed by atoms with Crippen molar-refractivity contribution < 1.29 is 9.15 Å². The fourth-order valence-corrected chi connectivity index (χ4v) is 3.38. The summed E-state index contributed by atoms with van der Waals surface area (Å²) in [6.07, 6.45) is 0. The van der Waals surface area contributed by atoms with Crippen LogP contribution in [-0.4, -0.2) is 0 Å². The molecule has 0 atom stereocenters. The molecule has 4 rings (SSSR count). The number of hydrogen-bond acceptors (Lipinski definition) is 3. The molecule has 0 bridgehead atoms. The van der Waals surface area contributed by atoms with Gasteiger partial charge in [0, 0.05) is 21.5 Å². The van der Waals surface area contributed by atoms with Crippen LogP contribution in [0.3, 0.4) is 0 Å². The fourth-order valence-electron chi connectivity index (χ4n) is 3.12. The van der Waals surface area contributed by atoms with Crippen LogP contribution in [0.5, 0.6) is 5.75 Å². The van der Waals surface area contributed by atoms with Crippen LogP contribution in [0.15, 0.2) is 75.9 Å². The van der Waals surface area contributed by atoms with Crippen molar-refractivity contribution in [3.63, 3.8) is 0 Å². The molecule has 0 spiro atoms. The highest BCUT2D eigenvalue weighted by molar-refractivity contribution is 6.30. The number of hydrogen-bond donors (Lipinski definition) is 0. The van der Waals surface area contributed by atoms with Gasteiger partial charge in [-0.3, -0.25) is 0 Å². The van der Waals surface area contributed by atoms with Gasteiger partial charge < -0.3 is 9.15 Å². The van der Waals surface area contributed by atoms with Crippen LogP contribution < -0.4 is 10.4 Å². The van der Waals surface area contributed by atoms with Crippen LogP contribution in [0.1, 0.15) is 11.1 Å². The van der Waals surface area contributed by atoms with E-state index in [0.717, 1.165) is 22.1 Å². The van der Waals surface area contributed by atoms with Crippen molar-refractivity contribution in [1.82, 2.24) is 0 Å². The normalized spacial score (nSPS) is 11.0. The third-order valence-electron chi connectivity index (χ3n) is 4.59. The standard InChI is InChI=1S/C23H16Cl2O3/c1-14-20-11-10-19(27-13-15-2-6-17(24)7-3-15)12-21(20)28-23(26)22(14)16-4-8-18(25)9-5-16/h2-12H,13H2,1H3. The highest BCUT2D eigenvalue weighted by Gasteiger charge is 2.14. The molecule has 1 heterocycles. The highest BCUT2D eigenvalue weighted by atomic mass is 35.5. The third-order valence-corrected chi connectivity index (χ3v) is 5.09. The lowest BCUT2D eigenvalue weighted by Crippen LogP contribution is -2.06. The van der Waals surface area contributed by atoms with Crippen molar-refractivity contribution in [1.29, 1.82) is 0 Å². The molecule has 3 aromatic carbocycles. The maximum absolute atomic E-state index is 12.6. The molecule has 140 valence electrons. The Labute approximate surface area is 172 Å². The van der Waals surface area contributed by atoms with Gasteiger partial charge in [0.1, 0.15) is 17.9 Å². The first-order valence-corrected chi connectivity index (χ1v) is 9.47. The molecule has 0 unspecified atom stereocenters. The predicted molar refractivity (Wildman–Crippen MR) is 113 cm³/mol. The van der Waals surface area contributed by atoms with E-state index in [0.29, 0.717) is 33.5 Å². The van der Waals surface area contributed by atoms with Crippen LogP contribution in [0.25, 0.3) is 22.1 Å². The van der Waals surface area contributed by atoms with E-state index in [1.807, 2.05) is 55.5 Å². The van der Waals surface area contributed by atoms with Gasteiger partial charge in [-0.15, -0.1) is 0 Å².